The van der Waals surface area contributed by atoms with Gasteiger partial charge in [-0.2, -0.15) is 5.26 Å². The van der Waals surface area contributed by atoms with Gasteiger partial charge in [-0.05, 0) is 31.9 Å². The number of hydrogen-bond acceptors (Lipinski definition) is 5. The minimum Gasteiger partial charge on any atom is -0.493 e. The van der Waals surface area contributed by atoms with Gasteiger partial charge >= 0.3 is 6.03 Å². The molecule has 1 aromatic rings. The second kappa shape index (κ2) is 8.20. The van der Waals surface area contributed by atoms with Gasteiger partial charge in [0.05, 0.1) is 18.7 Å². The van der Waals surface area contributed by atoms with Crippen LogP contribution in [-0.4, -0.2) is 31.2 Å². The first-order chi connectivity index (χ1) is 11.5. The van der Waals surface area contributed by atoms with Crippen molar-refractivity contribution < 1.29 is 19.1 Å². The number of rotatable bonds is 5. The number of carbonyl (C=O) groups is 2. The largest absolute Gasteiger partial charge is 0.493 e. The van der Waals surface area contributed by atoms with Crippen LogP contribution in [0.4, 0.5) is 4.79 Å². The first kappa shape index (κ1) is 17.6. The van der Waals surface area contributed by atoms with Crippen LogP contribution in [-0.2, 0) is 4.79 Å². The fourth-order valence-corrected chi connectivity index (χ4v) is 2.58. The Kier molecular flexibility index (Phi) is 6.01. The van der Waals surface area contributed by atoms with Gasteiger partial charge in [-0.15, -0.1) is 0 Å². The van der Waals surface area contributed by atoms with Crippen molar-refractivity contribution in [1.82, 2.24) is 10.6 Å². The second-order valence-electron chi connectivity index (χ2n) is 5.68. The van der Waals surface area contributed by atoms with E-state index in [4.69, 9.17) is 14.7 Å². The third-order valence-corrected chi connectivity index (χ3v) is 3.89. The summed E-state index contributed by atoms with van der Waals surface area (Å²) in [6.45, 7) is 1.54. The third kappa shape index (κ3) is 4.62. The van der Waals surface area contributed by atoms with Crippen molar-refractivity contribution in [3.8, 4) is 17.6 Å². The fourth-order valence-electron chi connectivity index (χ4n) is 2.58. The third-order valence-electron chi connectivity index (χ3n) is 3.89. The Hall–Kier alpha value is -2.75. The summed E-state index contributed by atoms with van der Waals surface area (Å²) in [6.07, 6.45) is 3.18. The van der Waals surface area contributed by atoms with E-state index in [1.807, 2.05) is 6.07 Å². The van der Waals surface area contributed by atoms with Gasteiger partial charge < -0.3 is 14.8 Å². The van der Waals surface area contributed by atoms with Crippen LogP contribution in [0.15, 0.2) is 18.2 Å². The maximum absolute atomic E-state index is 12.1. The van der Waals surface area contributed by atoms with E-state index in [1.165, 1.54) is 20.1 Å². The number of urea groups is 1. The first-order valence-electron chi connectivity index (χ1n) is 7.89. The molecule has 0 heterocycles. The number of benzene rings is 1. The predicted octanol–water partition coefficient (Wildman–Crippen LogP) is 2.10. The van der Waals surface area contributed by atoms with Crippen molar-refractivity contribution in [3.05, 3.63) is 23.8 Å². The van der Waals surface area contributed by atoms with Crippen LogP contribution < -0.4 is 20.1 Å². The summed E-state index contributed by atoms with van der Waals surface area (Å²) in [5.74, 6) is 0.136. The summed E-state index contributed by atoms with van der Waals surface area (Å²) in [7, 11) is 1.45. The molecule has 1 aliphatic carbocycles. The highest BCUT2D eigenvalue weighted by molar-refractivity contribution is 5.96. The first-order valence-corrected chi connectivity index (χ1v) is 7.89. The molecule has 1 saturated carbocycles. The van der Waals surface area contributed by atoms with Gasteiger partial charge in [0.25, 0.3) is 5.91 Å². The van der Waals surface area contributed by atoms with E-state index in [2.05, 4.69) is 10.6 Å². The Morgan fingerprint density at radius 2 is 2.00 bits per heavy atom. The van der Waals surface area contributed by atoms with Crippen molar-refractivity contribution >= 4 is 11.9 Å². The minimum absolute atomic E-state index is 0.132. The summed E-state index contributed by atoms with van der Waals surface area (Å²) in [5.41, 5.74) is 0.423. The van der Waals surface area contributed by atoms with Gasteiger partial charge in [-0.1, -0.05) is 12.8 Å². The number of nitrogens with zero attached hydrogens (tertiary/aromatic N) is 1. The molecule has 7 nitrogen and oxygen atoms in total. The molecular formula is C17H21N3O4. The number of imide groups is 1. The van der Waals surface area contributed by atoms with E-state index in [-0.39, 0.29) is 6.04 Å². The summed E-state index contributed by atoms with van der Waals surface area (Å²) >= 11 is 0. The van der Waals surface area contributed by atoms with Crippen LogP contribution in [0.3, 0.4) is 0 Å². The smallest absolute Gasteiger partial charge is 0.321 e. The Bertz CT molecular complexity index is 648. The Morgan fingerprint density at radius 1 is 1.29 bits per heavy atom. The lowest BCUT2D eigenvalue weighted by Gasteiger charge is -2.17. The van der Waals surface area contributed by atoms with Gasteiger partial charge in [0, 0.05) is 12.1 Å². The lowest BCUT2D eigenvalue weighted by atomic mass is 10.2. The van der Waals surface area contributed by atoms with Crippen LogP contribution in [0.5, 0.6) is 11.5 Å². The molecule has 1 aliphatic rings. The molecule has 2 rings (SSSR count). The van der Waals surface area contributed by atoms with Gasteiger partial charge in [-0.25, -0.2) is 4.79 Å². The van der Waals surface area contributed by atoms with Crippen LogP contribution in [0.1, 0.15) is 38.2 Å². The molecule has 3 amide bonds. The van der Waals surface area contributed by atoms with E-state index in [9.17, 15) is 9.59 Å². The zero-order valence-electron chi connectivity index (χ0n) is 13.8. The minimum atomic E-state index is -0.888. The summed E-state index contributed by atoms with van der Waals surface area (Å²) in [6, 6.07) is 6.26. The molecule has 7 heteroatoms. The number of methoxy groups -OCH3 is 1. The van der Waals surface area contributed by atoms with E-state index >= 15 is 0 Å². The molecule has 0 unspecified atom stereocenters. The van der Waals surface area contributed by atoms with Gasteiger partial charge in [-0.3, -0.25) is 10.1 Å². The Morgan fingerprint density at radius 3 is 2.62 bits per heavy atom. The van der Waals surface area contributed by atoms with Crippen LogP contribution >= 0.6 is 0 Å². The number of hydrogen-bond donors (Lipinski definition) is 2. The molecule has 0 aliphatic heterocycles. The summed E-state index contributed by atoms with van der Waals surface area (Å²) < 4.78 is 10.7. The number of nitriles is 1. The van der Waals surface area contributed by atoms with Gasteiger partial charge in [0.1, 0.15) is 0 Å². The molecule has 128 valence electrons. The monoisotopic (exact) mass is 331 g/mol. The summed E-state index contributed by atoms with van der Waals surface area (Å²) in [4.78, 5) is 23.9. The summed E-state index contributed by atoms with van der Waals surface area (Å²) in [5, 5.41) is 13.9. The molecule has 2 N–H and O–H groups in total. The zero-order valence-corrected chi connectivity index (χ0v) is 13.8. The predicted molar refractivity (Wildman–Crippen MR) is 86.7 cm³/mol. The molecule has 0 bridgehead atoms. The van der Waals surface area contributed by atoms with Crippen molar-refractivity contribution in [2.75, 3.05) is 7.11 Å². The molecule has 0 radical (unpaired) electrons. The lowest BCUT2D eigenvalue weighted by molar-refractivity contribution is -0.126. The highest BCUT2D eigenvalue weighted by Gasteiger charge is 2.22. The average molecular weight is 331 g/mol. The quantitative estimate of drug-likeness (QED) is 0.860. The SMILES string of the molecule is COc1cc(C#N)ccc1O[C@H](C)C(=O)NC(=O)NC1CCCC1. The van der Waals surface area contributed by atoms with Gasteiger partial charge in [0.15, 0.2) is 17.6 Å². The van der Waals surface area contributed by atoms with Crippen LogP contribution in [0, 0.1) is 11.3 Å². The molecule has 0 aromatic heterocycles. The van der Waals surface area contributed by atoms with Crippen molar-refractivity contribution in [1.29, 1.82) is 5.26 Å². The molecule has 1 atom stereocenters. The zero-order chi connectivity index (χ0) is 17.5. The molecule has 0 spiro atoms. The maximum atomic E-state index is 12.1. The molecule has 0 saturated heterocycles. The number of ether oxygens (including phenoxy) is 2. The number of carbonyl (C=O) groups excluding carboxylic acids is 2. The highest BCUT2D eigenvalue weighted by atomic mass is 16.5. The molecule has 1 fully saturated rings. The fraction of sp³-hybridized carbons (Fsp3) is 0.471. The lowest BCUT2D eigenvalue weighted by Crippen LogP contribution is -2.47. The molecule has 24 heavy (non-hydrogen) atoms. The normalized spacial score (nSPS) is 15.2. The Labute approximate surface area is 140 Å². The van der Waals surface area contributed by atoms with Crippen molar-refractivity contribution in [3.63, 3.8) is 0 Å². The topological polar surface area (TPSA) is 100 Å². The van der Waals surface area contributed by atoms with E-state index < -0.39 is 18.0 Å². The van der Waals surface area contributed by atoms with Crippen molar-refractivity contribution in [2.24, 2.45) is 0 Å². The second-order valence-corrected chi connectivity index (χ2v) is 5.68. The van der Waals surface area contributed by atoms with E-state index in [0.29, 0.717) is 17.1 Å². The van der Waals surface area contributed by atoms with Crippen LogP contribution in [0.25, 0.3) is 0 Å². The van der Waals surface area contributed by atoms with Crippen LogP contribution in [0.2, 0.25) is 0 Å². The highest BCUT2D eigenvalue weighted by Crippen LogP contribution is 2.28. The average Bonchev–Trinajstić information content (AvgIpc) is 3.07. The number of amides is 3. The number of nitrogens with one attached hydrogen (secondary N) is 2. The maximum Gasteiger partial charge on any atom is 0.321 e. The van der Waals surface area contributed by atoms with Crippen molar-refractivity contribution in [2.45, 2.75) is 44.8 Å². The Balaban J connectivity index is 1.91. The van der Waals surface area contributed by atoms with E-state index in [1.54, 1.807) is 12.1 Å². The van der Waals surface area contributed by atoms with E-state index in [0.717, 1.165) is 25.7 Å². The standard InChI is InChI=1S/C17H21N3O4/c1-11(16(21)20-17(22)19-13-5-3-4-6-13)24-14-8-7-12(10-18)9-15(14)23-2/h7-9,11,13H,3-6H2,1-2H3,(H2,19,20,21,22)/t11-/m1/s1. The van der Waals surface area contributed by atoms with Gasteiger partial charge in [0.2, 0.25) is 0 Å². The molecular weight excluding hydrogens is 310 g/mol. The molecule has 1 aromatic carbocycles.